The van der Waals surface area contributed by atoms with Gasteiger partial charge >= 0.3 is 6.03 Å². The summed E-state index contributed by atoms with van der Waals surface area (Å²) in [6.07, 6.45) is 0.137. The molecule has 0 saturated carbocycles. The Kier molecular flexibility index (Phi) is 6.12. The van der Waals surface area contributed by atoms with E-state index in [1.165, 1.54) is 22.4 Å². The van der Waals surface area contributed by atoms with Crippen molar-refractivity contribution in [2.75, 3.05) is 36.4 Å². The van der Waals surface area contributed by atoms with Gasteiger partial charge in [-0.15, -0.1) is 0 Å². The number of urea groups is 1. The molecule has 150 valence electrons. The van der Waals surface area contributed by atoms with E-state index in [1.807, 2.05) is 43.0 Å². The van der Waals surface area contributed by atoms with Crippen LogP contribution < -0.4 is 15.0 Å². The third-order valence-electron chi connectivity index (χ3n) is 5.00. The molecule has 0 atom stereocenters. The number of piperazine rings is 1. The van der Waals surface area contributed by atoms with Crippen molar-refractivity contribution in [2.24, 2.45) is 0 Å². The van der Waals surface area contributed by atoms with Gasteiger partial charge in [-0.3, -0.25) is 0 Å². The van der Waals surface area contributed by atoms with Gasteiger partial charge in [-0.05, 0) is 70.0 Å². The number of carbonyl (C=O) groups is 1. The van der Waals surface area contributed by atoms with Crippen LogP contribution in [0.2, 0.25) is 0 Å². The number of rotatable bonds is 4. The third kappa shape index (κ3) is 4.77. The number of nitrogens with zero attached hydrogens (tertiary/aromatic N) is 2. The Morgan fingerprint density at radius 2 is 1.54 bits per heavy atom. The normalized spacial score (nSPS) is 14.4. The zero-order valence-corrected chi connectivity index (χ0v) is 17.6. The van der Waals surface area contributed by atoms with Crippen LogP contribution in [-0.2, 0) is 0 Å². The molecule has 1 N–H and O–H groups in total. The lowest BCUT2D eigenvalue weighted by molar-refractivity contribution is 0.208. The molecule has 2 amide bonds. The number of ether oxygens (including phenoxy) is 1. The minimum atomic E-state index is -0.0467. The van der Waals surface area contributed by atoms with Crippen molar-refractivity contribution in [3.63, 3.8) is 0 Å². The first-order valence-corrected chi connectivity index (χ1v) is 9.99. The van der Waals surface area contributed by atoms with E-state index < -0.39 is 0 Å². The van der Waals surface area contributed by atoms with Crippen molar-refractivity contribution >= 4 is 17.4 Å². The fourth-order valence-corrected chi connectivity index (χ4v) is 3.90. The van der Waals surface area contributed by atoms with Crippen LogP contribution in [0.5, 0.6) is 5.75 Å². The molecule has 0 unspecified atom stereocenters. The molecule has 3 rings (SSSR count). The molecular weight excluding hydrogens is 350 g/mol. The number of amides is 2. The quantitative estimate of drug-likeness (QED) is 0.831. The first-order valence-electron chi connectivity index (χ1n) is 9.99. The van der Waals surface area contributed by atoms with Crippen molar-refractivity contribution < 1.29 is 9.53 Å². The molecule has 1 saturated heterocycles. The predicted octanol–water partition coefficient (Wildman–Crippen LogP) is 4.75. The van der Waals surface area contributed by atoms with Crippen LogP contribution in [0.1, 0.15) is 30.5 Å². The summed E-state index contributed by atoms with van der Waals surface area (Å²) in [5.74, 6) is 0.811. The first kappa shape index (κ1) is 20.1. The summed E-state index contributed by atoms with van der Waals surface area (Å²) in [5.41, 5.74) is 6.00. The fraction of sp³-hybridized carbons (Fsp3) is 0.435. The number of aryl methyl sites for hydroxylation is 3. The van der Waals surface area contributed by atoms with E-state index in [1.54, 1.807) is 0 Å². The third-order valence-corrected chi connectivity index (χ3v) is 5.00. The maximum atomic E-state index is 12.6. The molecule has 0 spiro atoms. The average Bonchev–Trinajstić information content (AvgIpc) is 2.62. The molecule has 5 nitrogen and oxygen atoms in total. The molecule has 28 heavy (non-hydrogen) atoms. The Balaban J connectivity index is 1.57. The van der Waals surface area contributed by atoms with E-state index in [2.05, 4.69) is 43.1 Å². The van der Waals surface area contributed by atoms with Gasteiger partial charge in [0.2, 0.25) is 0 Å². The van der Waals surface area contributed by atoms with E-state index in [9.17, 15) is 4.79 Å². The molecule has 2 aromatic rings. The van der Waals surface area contributed by atoms with Gasteiger partial charge in [-0.25, -0.2) is 4.79 Å². The number of carbonyl (C=O) groups excluding carboxylic acids is 1. The maximum Gasteiger partial charge on any atom is 0.321 e. The molecule has 0 bridgehead atoms. The van der Waals surface area contributed by atoms with Crippen LogP contribution in [0.25, 0.3) is 0 Å². The molecule has 1 heterocycles. The summed E-state index contributed by atoms with van der Waals surface area (Å²) >= 11 is 0. The van der Waals surface area contributed by atoms with Gasteiger partial charge in [0.05, 0.1) is 6.10 Å². The van der Waals surface area contributed by atoms with E-state index in [-0.39, 0.29) is 12.1 Å². The average molecular weight is 382 g/mol. The van der Waals surface area contributed by atoms with Crippen LogP contribution in [0.15, 0.2) is 36.4 Å². The van der Waals surface area contributed by atoms with Gasteiger partial charge < -0.3 is 19.9 Å². The van der Waals surface area contributed by atoms with E-state index in [0.717, 1.165) is 24.5 Å². The van der Waals surface area contributed by atoms with Gasteiger partial charge in [0.1, 0.15) is 5.75 Å². The number of hydrogen-bond donors (Lipinski definition) is 1. The predicted molar refractivity (Wildman–Crippen MR) is 116 cm³/mol. The highest BCUT2D eigenvalue weighted by Gasteiger charge is 2.23. The number of anilines is 2. The number of nitrogens with one attached hydrogen (secondary N) is 1. The minimum Gasteiger partial charge on any atom is -0.491 e. The highest BCUT2D eigenvalue weighted by atomic mass is 16.5. The van der Waals surface area contributed by atoms with Gasteiger partial charge in [0, 0.05) is 37.6 Å². The summed E-state index contributed by atoms with van der Waals surface area (Å²) in [6.45, 7) is 13.6. The van der Waals surface area contributed by atoms with Crippen molar-refractivity contribution in [1.29, 1.82) is 0 Å². The molecule has 0 aromatic heterocycles. The molecule has 0 radical (unpaired) electrons. The maximum absolute atomic E-state index is 12.6. The summed E-state index contributed by atoms with van der Waals surface area (Å²) < 4.78 is 5.64. The second-order valence-corrected chi connectivity index (χ2v) is 7.84. The molecule has 5 heteroatoms. The Bertz CT molecular complexity index is 799. The van der Waals surface area contributed by atoms with Gasteiger partial charge in [-0.2, -0.15) is 0 Å². The van der Waals surface area contributed by atoms with Crippen LogP contribution in [-0.4, -0.2) is 43.2 Å². The monoisotopic (exact) mass is 381 g/mol. The van der Waals surface area contributed by atoms with Crippen molar-refractivity contribution in [1.82, 2.24) is 4.90 Å². The highest BCUT2D eigenvalue weighted by molar-refractivity contribution is 5.89. The standard InChI is InChI=1S/C23H31N3O2/c1-16(2)28-21-8-6-20(7-9-21)24-23(27)26-12-10-25(11-13-26)22-18(4)14-17(3)15-19(22)5/h6-9,14-16H,10-13H2,1-5H3,(H,24,27). The van der Waals surface area contributed by atoms with E-state index in [0.29, 0.717) is 13.1 Å². The van der Waals surface area contributed by atoms with E-state index in [4.69, 9.17) is 4.74 Å². The lowest BCUT2D eigenvalue weighted by atomic mass is 10.0. The largest absolute Gasteiger partial charge is 0.491 e. The highest BCUT2D eigenvalue weighted by Crippen LogP contribution is 2.27. The van der Waals surface area contributed by atoms with Crippen LogP contribution >= 0.6 is 0 Å². The molecule has 1 fully saturated rings. The Hall–Kier alpha value is -2.69. The number of hydrogen-bond acceptors (Lipinski definition) is 3. The molecule has 0 aliphatic carbocycles. The second kappa shape index (κ2) is 8.55. The molecule has 1 aliphatic heterocycles. The number of benzene rings is 2. The minimum absolute atomic E-state index is 0.0467. The lowest BCUT2D eigenvalue weighted by Crippen LogP contribution is -2.50. The molecular formula is C23H31N3O2. The smallest absolute Gasteiger partial charge is 0.321 e. The summed E-state index contributed by atoms with van der Waals surface area (Å²) in [7, 11) is 0. The summed E-state index contributed by atoms with van der Waals surface area (Å²) in [6, 6.07) is 11.9. The van der Waals surface area contributed by atoms with Gasteiger partial charge in [0.15, 0.2) is 0 Å². The molecule has 1 aliphatic rings. The first-order chi connectivity index (χ1) is 13.3. The second-order valence-electron chi connectivity index (χ2n) is 7.84. The Morgan fingerprint density at radius 1 is 0.964 bits per heavy atom. The Morgan fingerprint density at radius 3 is 2.07 bits per heavy atom. The topological polar surface area (TPSA) is 44.8 Å². The van der Waals surface area contributed by atoms with Gasteiger partial charge in [0.25, 0.3) is 0 Å². The van der Waals surface area contributed by atoms with Crippen molar-refractivity contribution in [3.8, 4) is 5.75 Å². The summed E-state index contributed by atoms with van der Waals surface area (Å²) in [4.78, 5) is 16.9. The van der Waals surface area contributed by atoms with Crippen molar-refractivity contribution in [3.05, 3.63) is 53.1 Å². The Labute approximate surface area is 168 Å². The fourth-order valence-electron chi connectivity index (χ4n) is 3.90. The molecule has 2 aromatic carbocycles. The SMILES string of the molecule is Cc1cc(C)c(N2CCN(C(=O)Nc3ccc(OC(C)C)cc3)CC2)c(C)c1. The van der Waals surface area contributed by atoms with Crippen LogP contribution in [0.4, 0.5) is 16.2 Å². The van der Waals surface area contributed by atoms with Crippen molar-refractivity contribution in [2.45, 2.75) is 40.7 Å². The zero-order chi connectivity index (χ0) is 20.3. The van der Waals surface area contributed by atoms with Crippen LogP contribution in [0, 0.1) is 20.8 Å². The van der Waals surface area contributed by atoms with E-state index >= 15 is 0 Å². The lowest BCUT2D eigenvalue weighted by Gasteiger charge is -2.37. The summed E-state index contributed by atoms with van der Waals surface area (Å²) in [5, 5.41) is 2.99. The van der Waals surface area contributed by atoms with Gasteiger partial charge in [-0.1, -0.05) is 17.7 Å². The van der Waals surface area contributed by atoms with Crippen LogP contribution in [0.3, 0.4) is 0 Å². The zero-order valence-electron chi connectivity index (χ0n) is 17.6.